The van der Waals surface area contributed by atoms with Gasteiger partial charge < -0.3 is 30.3 Å². The molecule has 3 aromatic carbocycles. The normalized spacial score (nSPS) is 21.3. The number of rotatable bonds is 11. The van der Waals surface area contributed by atoms with Crippen molar-refractivity contribution in [3.8, 4) is 16.9 Å². The molecule has 5 aliphatic rings. The monoisotopic (exact) mass is 986 g/mol. The van der Waals surface area contributed by atoms with Gasteiger partial charge >= 0.3 is 5.97 Å². The number of fused-ring (bicyclic) bond motifs is 2. The average molecular weight is 988 g/mol. The van der Waals surface area contributed by atoms with E-state index in [4.69, 9.17) is 16.3 Å². The Hall–Kier alpha value is -7.18. The molecule has 1 aromatic heterocycles. The fourth-order valence-electron chi connectivity index (χ4n) is 10.3. The van der Waals surface area contributed by atoms with Gasteiger partial charge in [-0.05, 0) is 113 Å². The summed E-state index contributed by atoms with van der Waals surface area (Å²) in [6.07, 6.45) is 3.63. The Balaban J connectivity index is 0.764. The lowest BCUT2D eigenvalue weighted by molar-refractivity contribution is -0.162. The molecule has 0 saturated carbocycles. The second kappa shape index (κ2) is 19.2. The Morgan fingerprint density at radius 2 is 1.62 bits per heavy atom. The average Bonchev–Trinajstić information content (AvgIpc) is 4.04. The summed E-state index contributed by atoms with van der Waals surface area (Å²) in [4.78, 5) is 117. The number of hydrogen-bond acceptors (Lipinski definition) is 13. The van der Waals surface area contributed by atoms with Crippen LogP contribution >= 0.6 is 11.6 Å². The number of ether oxygens (including phenoxy) is 1. The van der Waals surface area contributed by atoms with Crippen molar-refractivity contribution in [1.82, 2.24) is 35.6 Å². The summed E-state index contributed by atoms with van der Waals surface area (Å²) in [6, 6.07) is 17.3. The Kier molecular flexibility index (Phi) is 13.2. The maximum atomic E-state index is 13.9. The van der Waals surface area contributed by atoms with Gasteiger partial charge in [-0.3, -0.25) is 48.7 Å². The lowest BCUT2D eigenvalue weighted by Gasteiger charge is -2.34. The van der Waals surface area contributed by atoms with Gasteiger partial charge in [-0.15, -0.1) is 0 Å². The topological polar surface area (TPSA) is 228 Å². The summed E-state index contributed by atoms with van der Waals surface area (Å²) in [7, 11) is 1.89. The second-order valence-corrected chi connectivity index (χ2v) is 20.5. The summed E-state index contributed by atoms with van der Waals surface area (Å²) < 4.78 is 5.76. The van der Waals surface area contributed by atoms with Crippen molar-refractivity contribution in [3.05, 3.63) is 111 Å². The molecule has 0 bridgehead atoms. The van der Waals surface area contributed by atoms with Crippen LogP contribution in [0.4, 0.5) is 5.69 Å². The number of imide groups is 2. The minimum atomic E-state index is -1.46. The summed E-state index contributed by atoms with van der Waals surface area (Å²) in [6.45, 7) is 7.42. The lowest BCUT2D eigenvalue weighted by atomic mass is 9.94. The summed E-state index contributed by atoms with van der Waals surface area (Å²) in [5.74, 6) is -4.33. The standard InChI is InChI=1S/C52H55ClN8O10/c1-51(2,3)71-50(70)52(25-31-12-13-33(53)24-32(31)26-52)57-47(67)43-44(64)36(16-20-54-43)29-8-10-30(11-9-29)45(65)55-34-17-21-59(22-18-34)41(63)28-58(4)35-19-23-60(27-35)38-7-5-6-37-42(38)49(69)61(48(37)68)39-14-15-40(62)56-46(39)66/h5-13,16,20,24,34-35,39,64H,14-15,17-19,21-23,25-28H2,1-4H3,(H,55,65)(H,57,67)(H,56,62,66)/t35-,39?,52?/m0/s1. The highest BCUT2D eigenvalue weighted by Gasteiger charge is 2.49. The van der Waals surface area contributed by atoms with E-state index >= 15 is 0 Å². The molecule has 0 radical (unpaired) electrons. The van der Waals surface area contributed by atoms with E-state index in [-0.39, 0.29) is 72.9 Å². The summed E-state index contributed by atoms with van der Waals surface area (Å²) in [5.41, 5.74) is 1.32. The number of esters is 1. The number of hydrogen-bond donors (Lipinski definition) is 4. The number of likely N-dealkylation sites (N-methyl/N-ethyl adjacent to an activating group) is 1. The Morgan fingerprint density at radius 3 is 2.34 bits per heavy atom. The van der Waals surface area contributed by atoms with Crippen molar-refractivity contribution >= 4 is 64.6 Å². The fraction of sp³-hybridized carbons (Fsp3) is 0.404. The number of piperidine rings is 2. The Morgan fingerprint density at radius 1 is 0.887 bits per heavy atom. The minimum Gasteiger partial charge on any atom is -0.505 e. The van der Waals surface area contributed by atoms with Crippen LogP contribution in [-0.2, 0) is 36.8 Å². The van der Waals surface area contributed by atoms with Crippen LogP contribution in [-0.4, -0.2) is 141 Å². The quantitative estimate of drug-likeness (QED) is 0.123. The van der Waals surface area contributed by atoms with E-state index in [0.717, 1.165) is 16.0 Å². The highest BCUT2D eigenvalue weighted by Crippen LogP contribution is 2.38. The van der Waals surface area contributed by atoms with Gasteiger partial charge in [0.05, 0.1) is 23.4 Å². The number of aromatic nitrogens is 1. The molecule has 18 nitrogen and oxygen atoms in total. The number of nitrogens with one attached hydrogen (secondary N) is 3. The molecule has 71 heavy (non-hydrogen) atoms. The van der Waals surface area contributed by atoms with Crippen LogP contribution in [0.15, 0.2) is 72.9 Å². The van der Waals surface area contributed by atoms with Crippen molar-refractivity contribution in [3.63, 3.8) is 0 Å². The van der Waals surface area contributed by atoms with Crippen LogP contribution in [0.25, 0.3) is 11.1 Å². The number of amides is 7. The molecule has 3 saturated heterocycles. The van der Waals surface area contributed by atoms with E-state index in [0.29, 0.717) is 72.8 Å². The molecule has 3 atom stereocenters. The third kappa shape index (κ3) is 9.82. The number of carbonyl (C=O) groups is 8. The SMILES string of the molecule is CN(CC(=O)N1CCC(NC(=O)c2ccc(-c3ccnc(C(=O)NC4(C(=O)OC(C)(C)C)Cc5ccc(Cl)cc5C4)c3O)cc2)CC1)[C@H]1CCN(c2cccc3c2C(=O)N(C2CCC(=O)NC2=O)C3=O)C1. The number of pyridine rings is 1. The number of anilines is 1. The van der Waals surface area contributed by atoms with Gasteiger partial charge in [0, 0.05) is 79.9 Å². The van der Waals surface area contributed by atoms with Crippen molar-refractivity contribution in [2.45, 2.75) is 95.0 Å². The molecule has 370 valence electrons. The largest absolute Gasteiger partial charge is 0.505 e. The predicted molar refractivity (Wildman–Crippen MR) is 260 cm³/mol. The van der Waals surface area contributed by atoms with E-state index in [9.17, 15) is 43.5 Å². The first-order valence-corrected chi connectivity index (χ1v) is 24.2. The van der Waals surface area contributed by atoms with Crippen molar-refractivity contribution in [2.75, 3.05) is 44.7 Å². The highest BCUT2D eigenvalue weighted by atomic mass is 35.5. The third-order valence-corrected chi connectivity index (χ3v) is 14.3. The van der Waals surface area contributed by atoms with Crippen LogP contribution in [0, 0.1) is 0 Å². The number of nitrogens with zero attached hydrogens (tertiary/aromatic N) is 5. The first kappa shape index (κ1) is 48.8. The molecule has 7 amide bonds. The van der Waals surface area contributed by atoms with Crippen LogP contribution < -0.4 is 20.9 Å². The molecule has 5 heterocycles. The zero-order valence-electron chi connectivity index (χ0n) is 39.9. The molecule has 19 heteroatoms. The van der Waals surface area contributed by atoms with Crippen LogP contribution in [0.2, 0.25) is 5.02 Å². The van der Waals surface area contributed by atoms with Crippen molar-refractivity contribution in [2.24, 2.45) is 0 Å². The van der Waals surface area contributed by atoms with E-state index in [1.807, 2.05) is 22.9 Å². The van der Waals surface area contributed by atoms with Crippen LogP contribution in [0.3, 0.4) is 0 Å². The molecule has 3 fully saturated rings. The first-order chi connectivity index (χ1) is 33.8. The summed E-state index contributed by atoms with van der Waals surface area (Å²) in [5, 5.41) is 20.1. The zero-order valence-corrected chi connectivity index (χ0v) is 40.6. The molecule has 4 N–H and O–H groups in total. The Labute approximate surface area is 415 Å². The maximum Gasteiger partial charge on any atom is 0.333 e. The highest BCUT2D eigenvalue weighted by molar-refractivity contribution is 6.30. The molecule has 2 unspecified atom stereocenters. The number of carbonyl (C=O) groups excluding carboxylic acids is 8. The van der Waals surface area contributed by atoms with Gasteiger partial charge in [0.15, 0.2) is 11.4 Å². The predicted octanol–water partition coefficient (Wildman–Crippen LogP) is 4.05. The molecule has 9 rings (SSSR count). The van der Waals surface area contributed by atoms with E-state index in [1.54, 1.807) is 86.3 Å². The van der Waals surface area contributed by atoms with Gasteiger partial charge in [0.2, 0.25) is 17.7 Å². The van der Waals surface area contributed by atoms with E-state index in [1.165, 1.54) is 6.20 Å². The number of aromatic hydroxyl groups is 1. The number of benzene rings is 3. The molecule has 4 aliphatic heterocycles. The second-order valence-electron chi connectivity index (χ2n) is 20.0. The maximum absolute atomic E-state index is 13.9. The smallest absolute Gasteiger partial charge is 0.333 e. The summed E-state index contributed by atoms with van der Waals surface area (Å²) >= 11 is 6.26. The zero-order chi connectivity index (χ0) is 50.5. The van der Waals surface area contributed by atoms with E-state index in [2.05, 4.69) is 20.9 Å². The van der Waals surface area contributed by atoms with Gasteiger partial charge in [0.25, 0.3) is 23.6 Å². The first-order valence-electron chi connectivity index (χ1n) is 23.8. The van der Waals surface area contributed by atoms with Gasteiger partial charge in [-0.2, -0.15) is 0 Å². The number of halogens is 1. The van der Waals surface area contributed by atoms with Crippen LogP contribution in [0.1, 0.15) is 106 Å². The van der Waals surface area contributed by atoms with E-state index < -0.39 is 58.4 Å². The van der Waals surface area contributed by atoms with Crippen molar-refractivity contribution < 1.29 is 48.2 Å². The molecule has 0 spiro atoms. The molecule has 1 aliphatic carbocycles. The number of likely N-dealkylation sites (tertiary alicyclic amines) is 1. The Bertz CT molecular complexity index is 2880. The van der Waals surface area contributed by atoms with Gasteiger partial charge in [-0.25, -0.2) is 9.78 Å². The lowest BCUT2D eigenvalue weighted by Crippen LogP contribution is -2.57. The fourth-order valence-corrected chi connectivity index (χ4v) is 10.5. The minimum absolute atomic E-state index is 0.0136. The molecule has 4 aromatic rings. The third-order valence-electron chi connectivity index (χ3n) is 14.0. The van der Waals surface area contributed by atoms with Crippen molar-refractivity contribution in [1.29, 1.82) is 0 Å². The van der Waals surface area contributed by atoms with Gasteiger partial charge in [0.1, 0.15) is 17.2 Å². The molecular weight excluding hydrogens is 932 g/mol. The molecular formula is C52H55ClN8O10. The van der Waals surface area contributed by atoms with Gasteiger partial charge in [-0.1, -0.05) is 35.9 Å². The van der Waals surface area contributed by atoms with Crippen LogP contribution in [0.5, 0.6) is 5.75 Å².